The number of nitrogens with one attached hydrogen (secondary N) is 1. The predicted octanol–water partition coefficient (Wildman–Crippen LogP) is 1.22. The molecular weight excluding hydrogens is 176 g/mol. The van der Waals surface area contributed by atoms with E-state index in [4.69, 9.17) is 0 Å². The molecule has 0 aliphatic rings. The third-order valence-electron chi connectivity index (χ3n) is 1.73. The monoisotopic (exact) mass is 187 g/mol. The summed E-state index contributed by atoms with van der Waals surface area (Å²) in [5.74, 6) is -1.44. The largest absolute Gasteiger partial charge is 0.387 e. The van der Waals surface area contributed by atoms with Gasteiger partial charge in [0.25, 0.3) is 0 Å². The highest BCUT2D eigenvalue weighted by atomic mass is 19.1. The Kier molecular flexibility index (Phi) is 3.33. The maximum Gasteiger partial charge on any atom is 0.131 e. The normalized spacial score (nSPS) is 12.9. The van der Waals surface area contributed by atoms with Crippen LogP contribution >= 0.6 is 0 Å². The van der Waals surface area contributed by atoms with E-state index in [0.29, 0.717) is 0 Å². The molecule has 0 aliphatic heterocycles. The molecule has 0 aromatic heterocycles. The molecule has 4 heteroatoms. The van der Waals surface area contributed by atoms with Gasteiger partial charge in [-0.25, -0.2) is 8.78 Å². The lowest BCUT2D eigenvalue weighted by Gasteiger charge is -2.11. The highest BCUT2D eigenvalue weighted by Crippen LogP contribution is 2.19. The van der Waals surface area contributed by atoms with Crippen molar-refractivity contribution in [1.29, 1.82) is 0 Å². The van der Waals surface area contributed by atoms with Crippen molar-refractivity contribution >= 4 is 0 Å². The van der Waals surface area contributed by atoms with E-state index in [2.05, 4.69) is 5.32 Å². The molecule has 2 N–H and O–H groups in total. The Morgan fingerprint density at radius 3 is 2.38 bits per heavy atom. The van der Waals surface area contributed by atoms with Gasteiger partial charge in [-0.3, -0.25) is 0 Å². The van der Waals surface area contributed by atoms with E-state index < -0.39 is 17.7 Å². The van der Waals surface area contributed by atoms with Gasteiger partial charge in [-0.2, -0.15) is 0 Å². The first-order chi connectivity index (χ1) is 6.16. The second-order valence-electron chi connectivity index (χ2n) is 2.71. The molecule has 0 saturated heterocycles. The lowest BCUT2D eigenvalue weighted by molar-refractivity contribution is 0.168. The molecule has 0 saturated carbocycles. The highest BCUT2D eigenvalue weighted by Gasteiger charge is 2.16. The summed E-state index contributed by atoms with van der Waals surface area (Å²) in [6, 6.07) is 3.51. The third kappa shape index (κ3) is 2.23. The van der Waals surface area contributed by atoms with Gasteiger partial charge in [-0.05, 0) is 19.2 Å². The molecule has 0 fully saturated rings. The van der Waals surface area contributed by atoms with Gasteiger partial charge in [-0.1, -0.05) is 6.07 Å². The molecule has 1 atom stereocenters. The van der Waals surface area contributed by atoms with E-state index in [1.807, 2.05) is 0 Å². The number of halogens is 2. The molecule has 0 aliphatic carbocycles. The minimum absolute atomic E-state index is 0.123. The van der Waals surface area contributed by atoms with Gasteiger partial charge in [0.2, 0.25) is 0 Å². The SMILES string of the molecule is CNCC(O)c1c(F)cccc1F. The maximum absolute atomic E-state index is 13.0. The van der Waals surface area contributed by atoms with E-state index in [9.17, 15) is 13.9 Å². The van der Waals surface area contributed by atoms with E-state index in [0.717, 1.165) is 12.1 Å². The average Bonchev–Trinajstić information content (AvgIpc) is 2.04. The summed E-state index contributed by atoms with van der Waals surface area (Å²) in [5.41, 5.74) is -0.281. The van der Waals surface area contributed by atoms with Gasteiger partial charge in [0.05, 0.1) is 11.7 Å². The van der Waals surface area contributed by atoms with Crippen LogP contribution in [-0.2, 0) is 0 Å². The fraction of sp³-hybridized carbons (Fsp3) is 0.333. The molecule has 1 aromatic rings. The van der Waals surface area contributed by atoms with Gasteiger partial charge >= 0.3 is 0 Å². The van der Waals surface area contributed by atoms with Crippen LogP contribution in [0.5, 0.6) is 0 Å². The third-order valence-corrected chi connectivity index (χ3v) is 1.73. The van der Waals surface area contributed by atoms with E-state index in [-0.39, 0.29) is 12.1 Å². The van der Waals surface area contributed by atoms with Gasteiger partial charge < -0.3 is 10.4 Å². The molecule has 0 radical (unpaired) electrons. The zero-order chi connectivity index (χ0) is 9.84. The Labute approximate surface area is 75.2 Å². The zero-order valence-electron chi connectivity index (χ0n) is 7.22. The lowest BCUT2D eigenvalue weighted by Crippen LogP contribution is -2.18. The molecule has 13 heavy (non-hydrogen) atoms. The Hall–Kier alpha value is -1.00. The van der Waals surface area contributed by atoms with Crippen molar-refractivity contribution in [3.05, 3.63) is 35.4 Å². The van der Waals surface area contributed by atoms with E-state index in [1.165, 1.54) is 6.07 Å². The number of rotatable bonds is 3. The van der Waals surface area contributed by atoms with Gasteiger partial charge in [0.1, 0.15) is 11.6 Å². The number of hydrogen-bond donors (Lipinski definition) is 2. The van der Waals surface area contributed by atoms with Crippen molar-refractivity contribution in [3.63, 3.8) is 0 Å². The van der Waals surface area contributed by atoms with E-state index >= 15 is 0 Å². The molecule has 1 aromatic carbocycles. The van der Waals surface area contributed by atoms with Crippen molar-refractivity contribution < 1.29 is 13.9 Å². The maximum atomic E-state index is 13.0. The smallest absolute Gasteiger partial charge is 0.131 e. The number of likely N-dealkylation sites (N-methyl/N-ethyl adjacent to an activating group) is 1. The lowest BCUT2D eigenvalue weighted by atomic mass is 10.1. The topological polar surface area (TPSA) is 32.3 Å². The van der Waals surface area contributed by atoms with Crippen molar-refractivity contribution in [1.82, 2.24) is 5.32 Å². The summed E-state index contributed by atoms with van der Waals surface area (Å²) < 4.78 is 26.0. The van der Waals surface area contributed by atoms with Crippen LogP contribution in [0.25, 0.3) is 0 Å². The Bertz CT molecular complexity index is 271. The summed E-state index contributed by atoms with van der Waals surface area (Å²) in [4.78, 5) is 0. The van der Waals surface area contributed by atoms with Crippen molar-refractivity contribution in [2.45, 2.75) is 6.10 Å². The quantitative estimate of drug-likeness (QED) is 0.745. The van der Waals surface area contributed by atoms with Crippen LogP contribution in [0.3, 0.4) is 0 Å². The van der Waals surface area contributed by atoms with Crippen molar-refractivity contribution in [3.8, 4) is 0 Å². The molecule has 0 bridgehead atoms. The van der Waals surface area contributed by atoms with Crippen LogP contribution in [0.2, 0.25) is 0 Å². The number of benzene rings is 1. The molecule has 1 unspecified atom stereocenters. The standard InChI is InChI=1S/C9H11F2NO/c1-12-5-8(13)9-6(10)3-2-4-7(9)11/h2-4,8,12-13H,5H2,1H3. The zero-order valence-corrected chi connectivity index (χ0v) is 7.22. The highest BCUT2D eigenvalue weighted by molar-refractivity contribution is 5.22. The Morgan fingerprint density at radius 1 is 1.38 bits per heavy atom. The first-order valence-electron chi connectivity index (χ1n) is 3.93. The van der Waals surface area contributed by atoms with Crippen LogP contribution in [-0.4, -0.2) is 18.7 Å². The van der Waals surface area contributed by atoms with Crippen LogP contribution in [0.4, 0.5) is 8.78 Å². The summed E-state index contributed by atoms with van der Waals surface area (Å²) in [6.45, 7) is 0.123. The molecule has 0 spiro atoms. The molecule has 2 nitrogen and oxygen atoms in total. The minimum Gasteiger partial charge on any atom is -0.387 e. The van der Waals surface area contributed by atoms with Crippen LogP contribution in [0.15, 0.2) is 18.2 Å². The van der Waals surface area contributed by atoms with Crippen molar-refractivity contribution in [2.75, 3.05) is 13.6 Å². The second-order valence-corrected chi connectivity index (χ2v) is 2.71. The first-order valence-corrected chi connectivity index (χ1v) is 3.93. The number of aliphatic hydroxyl groups excluding tert-OH is 1. The molecule has 1 rings (SSSR count). The molecule has 0 amide bonds. The average molecular weight is 187 g/mol. The van der Waals surface area contributed by atoms with Crippen molar-refractivity contribution in [2.24, 2.45) is 0 Å². The summed E-state index contributed by atoms with van der Waals surface area (Å²) in [5, 5.41) is 12.0. The Balaban J connectivity index is 2.98. The number of hydrogen-bond acceptors (Lipinski definition) is 2. The molecular formula is C9H11F2NO. The summed E-state index contributed by atoms with van der Waals surface area (Å²) in [7, 11) is 1.60. The van der Waals surface area contributed by atoms with Crippen LogP contribution in [0.1, 0.15) is 11.7 Å². The number of aliphatic hydroxyl groups is 1. The summed E-state index contributed by atoms with van der Waals surface area (Å²) in [6.07, 6.45) is -1.15. The minimum atomic E-state index is -1.15. The van der Waals surface area contributed by atoms with Gasteiger partial charge in [0, 0.05) is 6.54 Å². The van der Waals surface area contributed by atoms with Crippen LogP contribution in [0, 0.1) is 11.6 Å². The van der Waals surface area contributed by atoms with Crippen LogP contribution < -0.4 is 5.32 Å². The first kappa shape index (κ1) is 10.1. The Morgan fingerprint density at radius 2 is 1.92 bits per heavy atom. The van der Waals surface area contributed by atoms with Gasteiger partial charge in [-0.15, -0.1) is 0 Å². The molecule has 72 valence electrons. The predicted molar refractivity (Wildman–Crippen MR) is 45.2 cm³/mol. The summed E-state index contributed by atoms with van der Waals surface area (Å²) >= 11 is 0. The van der Waals surface area contributed by atoms with E-state index in [1.54, 1.807) is 7.05 Å². The second kappa shape index (κ2) is 4.30. The fourth-order valence-corrected chi connectivity index (χ4v) is 1.12. The fourth-order valence-electron chi connectivity index (χ4n) is 1.12. The molecule has 0 heterocycles. The van der Waals surface area contributed by atoms with Gasteiger partial charge in [0.15, 0.2) is 0 Å².